The summed E-state index contributed by atoms with van der Waals surface area (Å²) in [6, 6.07) is 0. The summed E-state index contributed by atoms with van der Waals surface area (Å²) in [5.74, 6) is -5.09. The number of rotatable bonds is 0. The molecule has 0 unspecified atom stereocenters. The van der Waals surface area contributed by atoms with Crippen LogP contribution in [0.4, 0.5) is 13.2 Å². The maximum Gasteiger partial charge on any atom is 0.437 e. The summed E-state index contributed by atoms with van der Waals surface area (Å²) in [7, 11) is 0.891. The van der Waals surface area contributed by atoms with E-state index in [0.717, 1.165) is 7.05 Å². The molecule has 1 aliphatic rings. The molecule has 2 N–H and O–H groups in total. The van der Waals surface area contributed by atoms with E-state index in [9.17, 15) is 18.0 Å². The van der Waals surface area contributed by atoms with Crippen LogP contribution in [0.3, 0.4) is 0 Å². The largest absolute Gasteiger partial charge is 0.437 e. The first-order chi connectivity index (χ1) is 5.67. The molecule has 0 fully saturated rings. The minimum atomic E-state index is -5.04. The van der Waals surface area contributed by atoms with Crippen molar-refractivity contribution in [3.63, 3.8) is 0 Å². The van der Waals surface area contributed by atoms with Crippen LogP contribution in [0.1, 0.15) is 0 Å². The minimum Gasteiger partial charge on any atom is -0.353 e. The molecule has 0 aromatic rings. The highest BCUT2D eigenvalue weighted by Crippen LogP contribution is 2.29. The van der Waals surface area contributed by atoms with E-state index in [2.05, 4.69) is 5.10 Å². The number of carbonyl (C=O) groups excluding carboxylic acids is 1. The summed E-state index contributed by atoms with van der Waals surface area (Å²) in [5.41, 5.74) is -1.92. The third kappa shape index (κ3) is 1.38. The van der Waals surface area contributed by atoms with Gasteiger partial charge in [0, 0.05) is 7.05 Å². The number of hydrogen-bond donors (Lipinski definition) is 2. The molecule has 0 aliphatic carbocycles. The van der Waals surface area contributed by atoms with Gasteiger partial charge in [-0.15, -0.1) is 0 Å². The molecule has 0 bridgehead atoms. The maximum atomic E-state index is 12.0. The van der Waals surface area contributed by atoms with Crippen molar-refractivity contribution in [1.29, 1.82) is 0 Å². The van der Waals surface area contributed by atoms with E-state index < -0.39 is 23.6 Å². The molecule has 0 spiro atoms. The summed E-state index contributed by atoms with van der Waals surface area (Å²) in [4.78, 5) is 10.7. The maximum absolute atomic E-state index is 12.0. The van der Waals surface area contributed by atoms with E-state index in [1.807, 2.05) is 0 Å². The number of nitrogens with zero attached hydrogens (tertiary/aromatic N) is 2. The van der Waals surface area contributed by atoms with Gasteiger partial charge in [-0.2, -0.15) is 18.3 Å². The van der Waals surface area contributed by atoms with Crippen LogP contribution in [0, 0.1) is 0 Å². The van der Waals surface area contributed by atoms with Crippen LogP contribution >= 0.6 is 0 Å². The molecule has 1 amide bonds. The van der Waals surface area contributed by atoms with E-state index in [-0.39, 0.29) is 5.01 Å². The van der Waals surface area contributed by atoms with E-state index in [1.54, 1.807) is 0 Å². The Morgan fingerprint density at radius 3 is 2.08 bits per heavy atom. The van der Waals surface area contributed by atoms with Crippen molar-refractivity contribution in [2.45, 2.75) is 12.0 Å². The number of alkyl halides is 3. The first kappa shape index (κ1) is 9.93. The molecule has 0 aromatic heterocycles. The second-order valence-corrected chi connectivity index (χ2v) is 2.45. The number of carbonyl (C=O) groups is 1. The Morgan fingerprint density at radius 2 is 1.92 bits per heavy atom. The highest BCUT2D eigenvalue weighted by atomic mass is 19.4. The van der Waals surface area contributed by atoms with Crippen molar-refractivity contribution < 1.29 is 28.2 Å². The van der Waals surface area contributed by atoms with Gasteiger partial charge in [-0.1, -0.05) is 0 Å². The summed E-state index contributed by atoms with van der Waals surface area (Å²) in [6.07, 6.45) is -5.04. The highest BCUT2D eigenvalue weighted by molar-refractivity contribution is 6.15. The second kappa shape index (κ2) is 2.42. The zero-order valence-electron chi connectivity index (χ0n) is 6.33. The lowest BCUT2D eigenvalue weighted by molar-refractivity contribution is -0.173. The predicted molar refractivity (Wildman–Crippen MR) is 33.4 cm³/mol. The molecule has 13 heavy (non-hydrogen) atoms. The Morgan fingerprint density at radius 1 is 1.46 bits per heavy atom. The standard InChI is InChI=1S/C5H5F3N2O3/c1-10-3(11)4(12,13)2(9-10)5(6,7)8/h12-13H,1H3. The van der Waals surface area contributed by atoms with Gasteiger partial charge in [0.1, 0.15) is 0 Å². The van der Waals surface area contributed by atoms with Gasteiger partial charge in [-0.05, 0) is 0 Å². The Kier molecular flexibility index (Phi) is 1.85. The third-order valence-corrected chi connectivity index (χ3v) is 1.44. The van der Waals surface area contributed by atoms with Crippen LogP contribution in [0.15, 0.2) is 5.10 Å². The average Bonchev–Trinajstić information content (AvgIpc) is 2.12. The highest BCUT2D eigenvalue weighted by Gasteiger charge is 2.59. The molecule has 0 radical (unpaired) electrons. The fraction of sp³-hybridized carbons (Fsp3) is 0.600. The monoisotopic (exact) mass is 198 g/mol. The van der Waals surface area contributed by atoms with Crippen molar-refractivity contribution in [2.24, 2.45) is 5.10 Å². The smallest absolute Gasteiger partial charge is 0.353 e. The molecule has 0 atom stereocenters. The van der Waals surface area contributed by atoms with Gasteiger partial charge in [0.25, 0.3) is 5.79 Å². The van der Waals surface area contributed by atoms with Gasteiger partial charge in [-0.3, -0.25) is 4.79 Å². The van der Waals surface area contributed by atoms with E-state index >= 15 is 0 Å². The van der Waals surface area contributed by atoms with Crippen LogP contribution in [0.5, 0.6) is 0 Å². The van der Waals surface area contributed by atoms with Crippen molar-refractivity contribution in [3.8, 4) is 0 Å². The van der Waals surface area contributed by atoms with Crippen molar-refractivity contribution in [1.82, 2.24) is 5.01 Å². The zero-order chi connectivity index (χ0) is 10.4. The number of amides is 1. The quantitative estimate of drug-likeness (QED) is 0.493. The van der Waals surface area contributed by atoms with Gasteiger partial charge in [0.15, 0.2) is 0 Å². The summed E-state index contributed by atoms with van der Waals surface area (Å²) in [5, 5.41) is 20.4. The average molecular weight is 198 g/mol. The molecule has 0 saturated carbocycles. The van der Waals surface area contributed by atoms with Crippen LogP contribution in [0.2, 0.25) is 0 Å². The van der Waals surface area contributed by atoms with Crippen LogP contribution in [-0.4, -0.2) is 45.9 Å². The lowest BCUT2D eigenvalue weighted by Crippen LogP contribution is -2.50. The lowest BCUT2D eigenvalue weighted by atomic mass is 10.1. The number of likely N-dealkylation sites (N-methyl/N-ethyl adjacent to an activating group) is 1. The molecule has 8 heteroatoms. The van der Waals surface area contributed by atoms with Gasteiger partial charge in [0.05, 0.1) is 0 Å². The summed E-state index contributed by atoms with van der Waals surface area (Å²) in [6.45, 7) is 0. The molecule has 5 nitrogen and oxygen atoms in total. The number of aliphatic hydroxyl groups is 2. The Labute approximate surface area is 70.1 Å². The van der Waals surface area contributed by atoms with E-state index in [0.29, 0.717) is 0 Å². The second-order valence-electron chi connectivity index (χ2n) is 2.45. The molecular formula is C5H5F3N2O3. The lowest BCUT2D eigenvalue weighted by Gasteiger charge is -2.16. The summed E-state index contributed by atoms with van der Waals surface area (Å²) < 4.78 is 35.9. The Hall–Kier alpha value is -1.15. The molecule has 1 heterocycles. The Bertz CT molecular complexity index is 283. The van der Waals surface area contributed by atoms with Crippen LogP contribution < -0.4 is 0 Å². The van der Waals surface area contributed by atoms with Gasteiger partial charge >= 0.3 is 12.1 Å². The molecular weight excluding hydrogens is 193 g/mol. The van der Waals surface area contributed by atoms with Crippen molar-refractivity contribution >= 4 is 11.6 Å². The fourth-order valence-electron chi connectivity index (χ4n) is 0.846. The van der Waals surface area contributed by atoms with E-state index in [1.165, 1.54) is 0 Å². The molecule has 74 valence electrons. The molecule has 0 saturated heterocycles. The number of hydrazone groups is 1. The van der Waals surface area contributed by atoms with Gasteiger partial charge in [-0.25, -0.2) is 5.01 Å². The molecule has 1 rings (SSSR count). The zero-order valence-corrected chi connectivity index (χ0v) is 6.33. The van der Waals surface area contributed by atoms with Crippen LogP contribution in [-0.2, 0) is 4.79 Å². The van der Waals surface area contributed by atoms with Crippen molar-refractivity contribution in [2.75, 3.05) is 7.05 Å². The first-order valence-corrected chi connectivity index (χ1v) is 3.06. The number of hydrogen-bond acceptors (Lipinski definition) is 4. The Balaban J connectivity index is 3.13. The number of halogens is 3. The van der Waals surface area contributed by atoms with Gasteiger partial charge in [0.2, 0.25) is 5.71 Å². The molecule has 0 aromatic carbocycles. The topological polar surface area (TPSA) is 73.1 Å². The van der Waals surface area contributed by atoms with Crippen molar-refractivity contribution in [3.05, 3.63) is 0 Å². The molecule has 1 aliphatic heterocycles. The van der Waals surface area contributed by atoms with E-state index in [4.69, 9.17) is 10.2 Å². The van der Waals surface area contributed by atoms with Crippen LogP contribution in [0.25, 0.3) is 0 Å². The SMILES string of the molecule is CN1N=C(C(F)(F)F)C(O)(O)C1=O. The minimum absolute atomic E-state index is 0.225. The predicted octanol–water partition coefficient (Wildman–Crippen LogP) is -0.942. The van der Waals surface area contributed by atoms with Gasteiger partial charge < -0.3 is 10.2 Å². The summed E-state index contributed by atoms with van der Waals surface area (Å²) >= 11 is 0. The third-order valence-electron chi connectivity index (χ3n) is 1.44. The fourth-order valence-corrected chi connectivity index (χ4v) is 0.846. The normalized spacial score (nSPS) is 22.2. The first-order valence-electron chi connectivity index (χ1n) is 3.06.